The van der Waals surface area contributed by atoms with Crippen molar-refractivity contribution in [3.8, 4) is 22.8 Å². The van der Waals surface area contributed by atoms with Crippen LogP contribution in [0.5, 0.6) is 11.5 Å². The number of rotatable bonds is 4. The maximum Gasteiger partial charge on any atom is 0.416 e. The van der Waals surface area contributed by atoms with Crippen LogP contribution in [-0.2, 0) is 17.4 Å². The molecule has 2 heterocycles. The molecule has 0 spiro atoms. The van der Waals surface area contributed by atoms with Gasteiger partial charge in [-0.1, -0.05) is 11.2 Å². The van der Waals surface area contributed by atoms with E-state index in [1.165, 1.54) is 12.1 Å². The van der Waals surface area contributed by atoms with E-state index in [0.29, 0.717) is 41.7 Å². The van der Waals surface area contributed by atoms with E-state index in [4.69, 9.17) is 14.0 Å². The minimum atomic E-state index is -4.48. The predicted octanol–water partition coefficient (Wildman–Crippen LogP) is 4.31. The van der Waals surface area contributed by atoms with Gasteiger partial charge in [0.25, 0.3) is 0 Å². The number of hydrogen-bond donors (Lipinski definition) is 1. The summed E-state index contributed by atoms with van der Waals surface area (Å²) in [6.45, 7) is 0.938. The molecule has 0 saturated heterocycles. The van der Waals surface area contributed by atoms with E-state index in [0.717, 1.165) is 12.1 Å². The number of halogens is 3. The minimum absolute atomic E-state index is 0.0559. The van der Waals surface area contributed by atoms with Crippen LogP contribution in [0.2, 0.25) is 0 Å². The summed E-state index contributed by atoms with van der Waals surface area (Å²) in [6, 6.07) is 11.3. The van der Waals surface area contributed by atoms with E-state index < -0.39 is 17.6 Å². The first kappa shape index (κ1) is 18.9. The maximum atomic E-state index is 12.8. The van der Waals surface area contributed by atoms with Crippen molar-refractivity contribution >= 4 is 11.6 Å². The van der Waals surface area contributed by atoms with Crippen LogP contribution in [0.4, 0.5) is 18.9 Å². The molecule has 0 radical (unpaired) electrons. The van der Waals surface area contributed by atoms with Crippen LogP contribution < -0.4 is 14.8 Å². The van der Waals surface area contributed by atoms with Crippen molar-refractivity contribution in [2.24, 2.45) is 0 Å². The smallest absolute Gasteiger partial charge is 0.416 e. The highest BCUT2D eigenvalue weighted by atomic mass is 19.4. The van der Waals surface area contributed by atoms with Crippen LogP contribution in [0, 0.1) is 0 Å². The fraction of sp³-hybridized carbons (Fsp3) is 0.200. The number of hydrogen-bond acceptors (Lipinski definition) is 5. The van der Waals surface area contributed by atoms with Crippen molar-refractivity contribution < 1.29 is 32.0 Å². The Balaban J connectivity index is 1.43. The Morgan fingerprint density at radius 3 is 2.62 bits per heavy atom. The molecule has 1 aromatic heterocycles. The summed E-state index contributed by atoms with van der Waals surface area (Å²) >= 11 is 0. The monoisotopic (exact) mass is 404 g/mol. The first-order chi connectivity index (χ1) is 13.9. The lowest BCUT2D eigenvalue weighted by Crippen LogP contribution is -2.15. The Morgan fingerprint density at radius 1 is 1.03 bits per heavy atom. The van der Waals surface area contributed by atoms with E-state index >= 15 is 0 Å². The van der Waals surface area contributed by atoms with Gasteiger partial charge >= 0.3 is 6.18 Å². The number of carbonyl (C=O) groups is 1. The summed E-state index contributed by atoms with van der Waals surface area (Å²) in [5.74, 6) is 1.16. The third kappa shape index (κ3) is 4.34. The van der Waals surface area contributed by atoms with E-state index in [-0.39, 0.29) is 12.1 Å². The minimum Gasteiger partial charge on any atom is -0.486 e. The van der Waals surface area contributed by atoms with Crippen molar-refractivity contribution in [3.05, 3.63) is 59.8 Å². The first-order valence-electron chi connectivity index (χ1n) is 8.71. The molecule has 3 aromatic rings. The molecule has 0 atom stereocenters. The van der Waals surface area contributed by atoms with Crippen molar-refractivity contribution in [1.82, 2.24) is 5.16 Å². The third-order valence-corrected chi connectivity index (χ3v) is 4.20. The van der Waals surface area contributed by atoms with Crippen LogP contribution in [0.25, 0.3) is 11.3 Å². The van der Waals surface area contributed by atoms with Gasteiger partial charge in [0.05, 0.1) is 17.7 Å². The standard InChI is InChI=1S/C20H15F3N2O4/c21-20(22,23)13-2-1-3-14(9-13)24-19(26)11-15-10-17(29-25-15)12-4-5-16-18(8-12)28-7-6-27-16/h1-5,8-10H,6-7,11H2,(H,24,26). The lowest BCUT2D eigenvalue weighted by atomic mass is 10.1. The molecule has 9 heteroatoms. The molecule has 0 saturated carbocycles. The molecule has 4 rings (SSSR count). The average molecular weight is 404 g/mol. The Kier molecular flexibility index (Phi) is 4.87. The Bertz CT molecular complexity index is 1050. The number of amides is 1. The summed E-state index contributed by atoms with van der Waals surface area (Å²) in [5.41, 5.74) is 0.267. The number of aromatic nitrogens is 1. The van der Waals surface area contributed by atoms with Gasteiger partial charge in [-0.3, -0.25) is 4.79 Å². The highest BCUT2D eigenvalue weighted by Gasteiger charge is 2.30. The Labute approximate surface area is 163 Å². The molecule has 2 aromatic carbocycles. The second kappa shape index (κ2) is 7.50. The number of nitrogens with one attached hydrogen (secondary N) is 1. The summed E-state index contributed by atoms with van der Waals surface area (Å²) in [5, 5.41) is 6.29. The van der Waals surface area contributed by atoms with Gasteiger partial charge in [0.1, 0.15) is 13.2 Å². The zero-order chi connectivity index (χ0) is 20.4. The lowest BCUT2D eigenvalue weighted by Gasteiger charge is -2.18. The lowest BCUT2D eigenvalue weighted by molar-refractivity contribution is -0.137. The quantitative estimate of drug-likeness (QED) is 0.701. The molecule has 0 aliphatic carbocycles. The van der Waals surface area contributed by atoms with E-state index in [9.17, 15) is 18.0 Å². The predicted molar refractivity (Wildman–Crippen MR) is 96.7 cm³/mol. The van der Waals surface area contributed by atoms with Gasteiger partial charge in [-0.2, -0.15) is 13.2 Å². The summed E-state index contributed by atoms with van der Waals surface area (Å²) < 4.78 is 54.6. The molecular formula is C20H15F3N2O4. The molecule has 0 bridgehead atoms. The average Bonchev–Trinajstić information content (AvgIpc) is 3.15. The van der Waals surface area contributed by atoms with Gasteiger partial charge in [0, 0.05) is 17.3 Å². The molecule has 1 N–H and O–H groups in total. The van der Waals surface area contributed by atoms with Crippen molar-refractivity contribution in [1.29, 1.82) is 0 Å². The number of carbonyl (C=O) groups excluding carboxylic acids is 1. The summed E-state index contributed by atoms with van der Waals surface area (Å²) in [4.78, 5) is 12.2. The van der Waals surface area contributed by atoms with E-state index in [1.807, 2.05) is 0 Å². The fourth-order valence-electron chi connectivity index (χ4n) is 2.87. The maximum absolute atomic E-state index is 12.8. The largest absolute Gasteiger partial charge is 0.486 e. The van der Waals surface area contributed by atoms with Gasteiger partial charge in [-0.05, 0) is 36.4 Å². The third-order valence-electron chi connectivity index (χ3n) is 4.20. The van der Waals surface area contributed by atoms with Crippen LogP contribution >= 0.6 is 0 Å². The number of benzene rings is 2. The molecule has 150 valence electrons. The van der Waals surface area contributed by atoms with Crippen LogP contribution in [0.3, 0.4) is 0 Å². The molecule has 0 fully saturated rings. The van der Waals surface area contributed by atoms with Crippen LogP contribution in [-0.4, -0.2) is 24.3 Å². The molecular weight excluding hydrogens is 389 g/mol. The number of nitrogens with zero attached hydrogens (tertiary/aromatic N) is 1. The molecule has 0 unspecified atom stereocenters. The summed E-state index contributed by atoms with van der Waals surface area (Å²) in [7, 11) is 0. The van der Waals surface area contributed by atoms with Crippen molar-refractivity contribution in [3.63, 3.8) is 0 Å². The Hall–Kier alpha value is -3.49. The topological polar surface area (TPSA) is 73.6 Å². The zero-order valence-corrected chi connectivity index (χ0v) is 15.0. The highest BCUT2D eigenvalue weighted by Crippen LogP contribution is 2.35. The SMILES string of the molecule is O=C(Cc1cc(-c2ccc3c(c2)OCCO3)on1)Nc1cccc(C(F)(F)F)c1. The number of alkyl halides is 3. The van der Waals surface area contributed by atoms with Gasteiger partial charge in [0.2, 0.25) is 5.91 Å². The molecule has 1 amide bonds. The number of ether oxygens (including phenoxy) is 2. The van der Waals surface area contributed by atoms with Gasteiger partial charge in [0.15, 0.2) is 17.3 Å². The first-order valence-corrected chi connectivity index (χ1v) is 8.71. The normalized spacial score (nSPS) is 13.2. The number of anilines is 1. The fourth-order valence-corrected chi connectivity index (χ4v) is 2.87. The van der Waals surface area contributed by atoms with E-state index in [1.54, 1.807) is 24.3 Å². The zero-order valence-electron chi connectivity index (χ0n) is 15.0. The van der Waals surface area contributed by atoms with Crippen LogP contribution in [0.15, 0.2) is 53.1 Å². The van der Waals surface area contributed by atoms with Crippen molar-refractivity contribution in [2.45, 2.75) is 12.6 Å². The highest BCUT2D eigenvalue weighted by molar-refractivity contribution is 5.92. The second-order valence-electron chi connectivity index (χ2n) is 6.34. The molecule has 1 aliphatic rings. The Morgan fingerprint density at radius 2 is 1.83 bits per heavy atom. The molecule has 6 nitrogen and oxygen atoms in total. The van der Waals surface area contributed by atoms with Gasteiger partial charge in [-0.25, -0.2) is 0 Å². The molecule has 29 heavy (non-hydrogen) atoms. The van der Waals surface area contributed by atoms with Crippen molar-refractivity contribution in [2.75, 3.05) is 18.5 Å². The second-order valence-corrected chi connectivity index (χ2v) is 6.34. The van der Waals surface area contributed by atoms with Crippen LogP contribution in [0.1, 0.15) is 11.3 Å². The molecule has 1 aliphatic heterocycles. The van der Waals surface area contributed by atoms with Gasteiger partial charge < -0.3 is 19.3 Å². The number of fused-ring (bicyclic) bond motifs is 1. The van der Waals surface area contributed by atoms with Gasteiger partial charge in [-0.15, -0.1) is 0 Å². The van der Waals surface area contributed by atoms with E-state index in [2.05, 4.69) is 10.5 Å². The summed E-state index contributed by atoms with van der Waals surface area (Å²) in [6.07, 6.45) is -4.63.